The molecule has 0 amide bonds. The largest absolute Gasteiger partial charge is 0.406 e. The van der Waals surface area contributed by atoms with Crippen molar-refractivity contribution in [2.75, 3.05) is 5.73 Å². The molecule has 2 aromatic heterocycles. The zero-order valence-electron chi connectivity index (χ0n) is 9.01. The van der Waals surface area contributed by atoms with Crippen LogP contribution in [0.4, 0.5) is 5.82 Å². The summed E-state index contributed by atoms with van der Waals surface area (Å²) in [4.78, 5) is 15.4. The molecule has 2 aromatic rings. The number of pyridine rings is 1. The molecule has 0 aliphatic carbocycles. The van der Waals surface area contributed by atoms with Crippen LogP contribution < -0.4 is 10.5 Å². The minimum absolute atomic E-state index is 0.274. The minimum atomic E-state index is -0.274. The number of carbonyl (C=O) groups excluding carboxylic acids is 1. The Hall–Kier alpha value is -2.04. The lowest BCUT2D eigenvalue weighted by atomic mass is 10.3. The lowest BCUT2D eigenvalue weighted by molar-refractivity contribution is -0.134. The van der Waals surface area contributed by atoms with E-state index in [1.165, 1.54) is 0 Å². The van der Waals surface area contributed by atoms with Crippen molar-refractivity contribution in [3.8, 4) is 5.88 Å². The van der Waals surface area contributed by atoms with E-state index in [0.717, 1.165) is 6.42 Å². The first-order valence-electron chi connectivity index (χ1n) is 5.15. The van der Waals surface area contributed by atoms with Gasteiger partial charge >= 0.3 is 5.97 Å². The fourth-order valence-corrected chi connectivity index (χ4v) is 1.43. The van der Waals surface area contributed by atoms with Crippen molar-refractivity contribution >= 4 is 17.4 Å². The van der Waals surface area contributed by atoms with Gasteiger partial charge in [0.15, 0.2) is 0 Å². The number of rotatable bonds is 3. The van der Waals surface area contributed by atoms with Crippen LogP contribution in [0.1, 0.15) is 19.8 Å². The molecule has 0 radical (unpaired) electrons. The van der Waals surface area contributed by atoms with Gasteiger partial charge in [-0.3, -0.25) is 9.20 Å². The summed E-state index contributed by atoms with van der Waals surface area (Å²) >= 11 is 0. The first-order chi connectivity index (χ1) is 7.70. The van der Waals surface area contributed by atoms with Crippen LogP contribution in [-0.4, -0.2) is 15.4 Å². The topological polar surface area (TPSA) is 69.6 Å². The molecular formula is C11H13N3O2. The van der Waals surface area contributed by atoms with Crippen molar-refractivity contribution in [3.63, 3.8) is 0 Å². The van der Waals surface area contributed by atoms with Gasteiger partial charge in [-0.1, -0.05) is 13.0 Å². The van der Waals surface area contributed by atoms with Crippen molar-refractivity contribution in [2.45, 2.75) is 19.8 Å². The number of hydrogen-bond acceptors (Lipinski definition) is 4. The van der Waals surface area contributed by atoms with Gasteiger partial charge < -0.3 is 10.5 Å². The van der Waals surface area contributed by atoms with E-state index in [-0.39, 0.29) is 11.8 Å². The number of anilines is 1. The van der Waals surface area contributed by atoms with Gasteiger partial charge in [-0.05, 0) is 18.6 Å². The van der Waals surface area contributed by atoms with Gasteiger partial charge in [0, 0.05) is 6.42 Å². The highest BCUT2D eigenvalue weighted by molar-refractivity contribution is 5.72. The number of carbonyl (C=O) groups is 1. The highest BCUT2D eigenvalue weighted by atomic mass is 16.5. The molecule has 84 valence electrons. The third-order valence-electron chi connectivity index (χ3n) is 2.17. The molecule has 0 aromatic carbocycles. The SMILES string of the molecule is CCCC(=O)Oc1cn2c(N)cccc2n1. The summed E-state index contributed by atoms with van der Waals surface area (Å²) < 4.78 is 6.74. The average Bonchev–Trinajstić information content (AvgIpc) is 2.62. The Bertz CT molecular complexity index is 519. The highest BCUT2D eigenvalue weighted by Crippen LogP contribution is 2.15. The monoisotopic (exact) mass is 219 g/mol. The van der Waals surface area contributed by atoms with E-state index in [1.807, 2.05) is 6.92 Å². The van der Waals surface area contributed by atoms with Crippen molar-refractivity contribution in [1.29, 1.82) is 0 Å². The molecule has 2 heterocycles. The number of nitrogens with two attached hydrogens (primary N) is 1. The number of imidazole rings is 1. The van der Waals surface area contributed by atoms with Crippen LogP contribution in [-0.2, 0) is 4.79 Å². The summed E-state index contributed by atoms with van der Waals surface area (Å²) in [5.74, 6) is 0.573. The summed E-state index contributed by atoms with van der Waals surface area (Å²) in [5, 5.41) is 0. The molecule has 5 heteroatoms. The molecule has 2 rings (SSSR count). The molecule has 0 aliphatic heterocycles. The van der Waals surface area contributed by atoms with Crippen LogP contribution in [0.25, 0.3) is 5.65 Å². The Kier molecular flexibility index (Phi) is 2.76. The molecule has 0 atom stereocenters. The maximum absolute atomic E-state index is 11.3. The smallest absolute Gasteiger partial charge is 0.312 e. The van der Waals surface area contributed by atoms with Gasteiger partial charge in [-0.2, -0.15) is 4.98 Å². The van der Waals surface area contributed by atoms with Crippen LogP contribution >= 0.6 is 0 Å². The van der Waals surface area contributed by atoms with Gasteiger partial charge in [-0.15, -0.1) is 0 Å². The van der Waals surface area contributed by atoms with Gasteiger partial charge in [0.05, 0.1) is 6.20 Å². The number of nitrogen functional groups attached to an aromatic ring is 1. The van der Waals surface area contributed by atoms with Crippen molar-refractivity contribution < 1.29 is 9.53 Å². The summed E-state index contributed by atoms with van der Waals surface area (Å²) in [5.41, 5.74) is 6.41. The average molecular weight is 219 g/mol. The van der Waals surface area contributed by atoms with E-state index in [4.69, 9.17) is 10.5 Å². The molecule has 5 nitrogen and oxygen atoms in total. The van der Waals surface area contributed by atoms with Gasteiger partial charge in [0.2, 0.25) is 5.88 Å². The Morgan fingerprint density at radius 1 is 1.56 bits per heavy atom. The third-order valence-corrected chi connectivity index (χ3v) is 2.17. The van der Waals surface area contributed by atoms with Gasteiger partial charge in [-0.25, -0.2) is 0 Å². The lowest BCUT2D eigenvalue weighted by Gasteiger charge is -1.97. The van der Waals surface area contributed by atoms with E-state index in [0.29, 0.717) is 17.9 Å². The molecule has 0 unspecified atom stereocenters. The second-order valence-electron chi connectivity index (χ2n) is 3.48. The molecule has 0 aliphatic rings. The second-order valence-corrected chi connectivity index (χ2v) is 3.48. The first-order valence-corrected chi connectivity index (χ1v) is 5.15. The summed E-state index contributed by atoms with van der Waals surface area (Å²) in [6.45, 7) is 1.92. The van der Waals surface area contributed by atoms with E-state index in [2.05, 4.69) is 4.98 Å². The number of esters is 1. The number of nitrogens with zero attached hydrogens (tertiary/aromatic N) is 2. The van der Waals surface area contributed by atoms with Crippen LogP contribution in [0, 0.1) is 0 Å². The van der Waals surface area contributed by atoms with Crippen LogP contribution in [0.3, 0.4) is 0 Å². The normalized spacial score (nSPS) is 10.6. The highest BCUT2D eigenvalue weighted by Gasteiger charge is 2.08. The standard InChI is InChI=1S/C11H13N3O2/c1-2-4-11(15)16-10-7-14-8(12)5-3-6-9(14)13-10/h3,5-7H,2,4,12H2,1H3. The molecule has 0 saturated heterocycles. The molecule has 0 fully saturated rings. The molecule has 2 N–H and O–H groups in total. The molecular weight excluding hydrogens is 206 g/mol. The lowest BCUT2D eigenvalue weighted by Crippen LogP contribution is -2.06. The fourth-order valence-electron chi connectivity index (χ4n) is 1.43. The van der Waals surface area contributed by atoms with Crippen LogP contribution in [0.5, 0.6) is 5.88 Å². The number of fused-ring (bicyclic) bond motifs is 1. The molecule has 0 spiro atoms. The predicted molar refractivity (Wildman–Crippen MR) is 60.1 cm³/mol. The van der Waals surface area contributed by atoms with Crippen molar-refractivity contribution in [3.05, 3.63) is 24.4 Å². The third kappa shape index (κ3) is 1.98. The summed E-state index contributed by atoms with van der Waals surface area (Å²) in [6.07, 6.45) is 2.76. The first kappa shape index (κ1) is 10.5. The number of aromatic nitrogens is 2. The van der Waals surface area contributed by atoms with Crippen molar-refractivity contribution in [1.82, 2.24) is 9.38 Å². The Balaban J connectivity index is 2.26. The van der Waals surface area contributed by atoms with Crippen LogP contribution in [0.15, 0.2) is 24.4 Å². The second kappa shape index (κ2) is 4.22. The van der Waals surface area contributed by atoms with Crippen molar-refractivity contribution in [2.24, 2.45) is 0 Å². The molecule has 0 saturated carbocycles. The Labute approximate surface area is 92.8 Å². The van der Waals surface area contributed by atoms with E-state index in [9.17, 15) is 4.79 Å². The van der Waals surface area contributed by atoms with Crippen LogP contribution in [0.2, 0.25) is 0 Å². The maximum Gasteiger partial charge on any atom is 0.312 e. The zero-order valence-corrected chi connectivity index (χ0v) is 9.01. The zero-order chi connectivity index (χ0) is 11.5. The maximum atomic E-state index is 11.3. The summed E-state index contributed by atoms with van der Waals surface area (Å²) in [6, 6.07) is 5.36. The predicted octanol–water partition coefficient (Wildman–Crippen LogP) is 1.62. The molecule has 16 heavy (non-hydrogen) atoms. The quantitative estimate of drug-likeness (QED) is 0.796. The Morgan fingerprint density at radius 3 is 3.06 bits per heavy atom. The van der Waals surface area contributed by atoms with E-state index >= 15 is 0 Å². The van der Waals surface area contributed by atoms with Gasteiger partial charge in [0.1, 0.15) is 11.5 Å². The van der Waals surface area contributed by atoms with E-state index in [1.54, 1.807) is 28.8 Å². The van der Waals surface area contributed by atoms with E-state index < -0.39 is 0 Å². The minimum Gasteiger partial charge on any atom is -0.406 e. The fraction of sp³-hybridized carbons (Fsp3) is 0.273. The molecule has 0 bridgehead atoms. The summed E-state index contributed by atoms with van der Waals surface area (Å²) in [7, 11) is 0. The number of ether oxygens (including phenoxy) is 1. The Morgan fingerprint density at radius 2 is 2.38 bits per heavy atom. The van der Waals surface area contributed by atoms with Gasteiger partial charge in [0.25, 0.3) is 0 Å². The number of hydrogen-bond donors (Lipinski definition) is 1.